The maximum absolute atomic E-state index is 11.0. The predicted octanol–water partition coefficient (Wildman–Crippen LogP) is 1.15. The average Bonchev–Trinajstić information content (AvgIpc) is 2.25. The van der Waals surface area contributed by atoms with Crippen molar-refractivity contribution in [3.05, 3.63) is 39.9 Å². The second-order valence-electron chi connectivity index (χ2n) is 3.95. The predicted molar refractivity (Wildman–Crippen MR) is 61.9 cm³/mol. The third-order valence-electron chi connectivity index (χ3n) is 2.46. The van der Waals surface area contributed by atoms with E-state index in [9.17, 15) is 14.9 Å². The van der Waals surface area contributed by atoms with Gasteiger partial charge in [-0.15, -0.1) is 0 Å². The Morgan fingerprint density at radius 3 is 2.65 bits per heavy atom. The van der Waals surface area contributed by atoms with Crippen LogP contribution in [-0.4, -0.2) is 41.0 Å². The van der Waals surface area contributed by atoms with E-state index in [2.05, 4.69) is 0 Å². The maximum atomic E-state index is 11.0. The number of non-ortho nitro benzene ring substituents is 1. The van der Waals surface area contributed by atoms with E-state index in [1.165, 1.54) is 12.1 Å². The average molecular weight is 238 g/mol. The van der Waals surface area contributed by atoms with Crippen LogP contribution in [0.1, 0.15) is 5.56 Å². The summed E-state index contributed by atoms with van der Waals surface area (Å²) in [7, 11) is 3.33. The van der Waals surface area contributed by atoms with E-state index in [1.54, 1.807) is 31.1 Å². The van der Waals surface area contributed by atoms with Crippen molar-refractivity contribution in [1.29, 1.82) is 0 Å². The number of nitro groups is 1. The molecule has 0 amide bonds. The number of carboxylic acids is 1. The summed E-state index contributed by atoms with van der Waals surface area (Å²) in [5, 5.41) is 19.6. The van der Waals surface area contributed by atoms with E-state index in [0.717, 1.165) is 0 Å². The van der Waals surface area contributed by atoms with Crippen LogP contribution < -0.4 is 0 Å². The van der Waals surface area contributed by atoms with Crippen LogP contribution in [0, 0.1) is 10.1 Å². The SMILES string of the molecule is CN(C)[C@@H](Cc1cccc([N+](=O)[O-])c1)C(=O)O. The molecule has 0 unspecified atom stereocenters. The highest BCUT2D eigenvalue weighted by molar-refractivity contribution is 5.73. The number of hydrogen-bond donors (Lipinski definition) is 1. The molecule has 1 rings (SSSR count). The van der Waals surface area contributed by atoms with Gasteiger partial charge >= 0.3 is 5.97 Å². The highest BCUT2D eigenvalue weighted by atomic mass is 16.6. The molecule has 6 nitrogen and oxygen atoms in total. The topological polar surface area (TPSA) is 83.7 Å². The van der Waals surface area contributed by atoms with Gasteiger partial charge in [-0.1, -0.05) is 12.1 Å². The maximum Gasteiger partial charge on any atom is 0.321 e. The molecule has 17 heavy (non-hydrogen) atoms. The van der Waals surface area contributed by atoms with Crippen molar-refractivity contribution in [2.24, 2.45) is 0 Å². The number of likely N-dealkylation sites (N-methyl/N-ethyl adjacent to an activating group) is 1. The summed E-state index contributed by atoms with van der Waals surface area (Å²) in [6.45, 7) is 0. The first-order valence-corrected chi connectivity index (χ1v) is 5.04. The zero-order valence-electron chi connectivity index (χ0n) is 9.66. The van der Waals surface area contributed by atoms with Crippen molar-refractivity contribution in [3.63, 3.8) is 0 Å². The van der Waals surface area contributed by atoms with E-state index in [0.29, 0.717) is 5.56 Å². The van der Waals surface area contributed by atoms with Gasteiger partial charge in [0, 0.05) is 12.1 Å². The number of carboxylic acid groups (broad SMARTS) is 1. The zero-order chi connectivity index (χ0) is 13.0. The molecular weight excluding hydrogens is 224 g/mol. The number of nitro benzene ring substituents is 1. The zero-order valence-corrected chi connectivity index (χ0v) is 9.66. The summed E-state index contributed by atoms with van der Waals surface area (Å²) >= 11 is 0. The lowest BCUT2D eigenvalue weighted by atomic mass is 10.0. The number of benzene rings is 1. The van der Waals surface area contributed by atoms with Gasteiger partial charge in [0.05, 0.1) is 4.92 Å². The summed E-state index contributed by atoms with van der Waals surface area (Å²) in [6, 6.07) is 5.35. The normalized spacial score (nSPS) is 12.4. The first kappa shape index (κ1) is 13.1. The summed E-state index contributed by atoms with van der Waals surface area (Å²) in [5.74, 6) is -0.943. The van der Waals surface area contributed by atoms with Crippen LogP contribution >= 0.6 is 0 Å². The van der Waals surface area contributed by atoms with E-state index in [-0.39, 0.29) is 12.1 Å². The number of aliphatic carboxylic acids is 1. The van der Waals surface area contributed by atoms with Gasteiger partial charge in [0.2, 0.25) is 0 Å². The summed E-state index contributed by atoms with van der Waals surface area (Å²) < 4.78 is 0. The molecule has 0 aliphatic rings. The Kier molecular flexibility index (Phi) is 4.17. The molecule has 1 aromatic carbocycles. The fourth-order valence-corrected chi connectivity index (χ4v) is 1.51. The van der Waals surface area contributed by atoms with Crippen LogP contribution in [0.15, 0.2) is 24.3 Å². The molecule has 1 N–H and O–H groups in total. The van der Waals surface area contributed by atoms with Gasteiger partial charge in [0.1, 0.15) is 6.04 Å². The van der Waals surface area contributed by atoms with Crippen LogP contribution in [0.3, 0.4) is 0 Å². The lowest BCUT2D eigenvalue weighted by molar-refractivity contribution is -0.384. The molecule has 0 saturated carbocycles. The Morgan fingerprint density at radius 2 is 2.18 bits per heavy atom. The number of rotatable bonds is 5. The fourth-order valence-electron chi connectivity index (χ4n) is 1.51. The molecule has 0 spiro atoms. The fraction of sp³-hybridized carbons (Fsp3) is 0.364. The molecule has 0 aliphatic carbocycles. The first-order valence-electron chi connectivity index (χ1n) is 5.04. The van der Waals surface area contributed by atoms with E-state index in [4.69, 9.17) is 5.11 Å². The van der Waals surface area contributed by atoms with Gasteiger partial charge in [-0.2, -0.15) is 0 Å². The lowest BCUT2D eigenvalue weighted by Crippen LogP contribution is -2.37. The third-order valence-corrected chi connectivity index (χ3v) is 2.46. The molecule has 0 saturated heterocycles. The molecule has 0 heterocycles. The summed E-state index contributed by atoms with van der Waals surface area (Å²) in [4.78, 5) is 22.7. The third kappa shape index (κ3) is 3.53. The molecule has 0 aliphatic heterocycles. The molecular formula is C11H14N2O4. The van der Waals surface area contributed by atoms with Gasteiger partial charge < -0.3 is 5.11 Å². The minimum absolute atomic E-state index is 0.0228. The Hall–Kier alpha value is -1.95. The van der Waals surface area contributed by atoms with Crippen molar-refractivity contribution in [1.82, 2.24) is 4.90 Å². The number of nitrogens with zero attached hydrogens (tertiary/aromatic N) is 2. The Balaban J connectivity index is 2.90. The first-order chi connectivity index (χ1) is 7.91. The van der Waals surface area contributed by atoms with Crippen molar-refractivity contribution in [3.8, 4) is 0 Å². The molecule has 0 fully saturated rings. The van der Waals surface area contributed by atoms with Crippen LogP contribution in [0.2, 0.25) is 0 Å². The lowest BCUT2D eigenvalue weighted by Gasteiger charge is -2.19. The minimum Gasteiger partial charge on any atom is -0.480 e. The van der Waals surface area contributed by atoms with Gasteiger partial charge in [0.25, 0.3) is 5.69 Å². The molecule has 1 atom stereocenters. The second-order valence-corrected chi connectivity index (χ2v) is 3.95. The van der Waals surface area contributed by atoms with E-state index >= 15 is 0 Å². The smallest absolute Gasteiger partial charge is 0.321 e. The standard InChI is InChI=1S/C11H14N2O4/c1-12(2)10(11(14)15)7-8-4-3-5-9(6-8)13(16)17/h3-6,10H,7H2,1-2H3,(H,14,15)/t10-/m0/s1. The van der Waals surface area contributed by atoms with Crippen molar-refractivity contribution in [2.75, 3.05) is 14.1 Å². The Labute approximate surface area is 98.6 Å². The van der Waals surface area contributed by atoms with Crippen LogP contribution in [0.5, 0.6) is 0 Å². The Bertz CT molecular complexity index is 431. The van der Waals surface area contributed by atoms with E-state index < -0.39 is 16.9 Å². The second kappa shape index (κ2) is 5.40. The monoisotopic (exact) mass is 238 g/mol. The molecule has 1 aromatic rings. The van der Waals surface area contributed by atoms with Crippen molar-refractivity contribution >= 4 is 11.7 Å². The summed E-state index contributed by atoms with van der Waals surface area (Å²) in [6.07, 6.45) is 0.240. The van der Waals surface area contributed by atoms with Gasteiger partial charge in [-0.05, 0) is 26.1 Å². The van der Waals surface area contributed by atoms with Gasteiger partial charge in [0.15, 0.2) is 0 Å². The van der Waals surface area contributed by atoms with E-state index in [1.807, 2.05) is 0 Å². The highest BCUT2D eigenvalue weighted by Crippen LogP contribution is 2.15. The van der Waals surface area contributed by atoms with Crippen LogP contribution in [-0.2, 0) is 11.2 Å². The summed E-state index contributed by atoms with van der Waals surface area (Å²) in [5.41, 5.74) is 0.616. The highest BCUT2D eigenvalue weighted by Gasteiger charge is 2.20. The number of hydrogen-bond acceptors (Lipinski definition) is 4. The number of carbonyl (C=O) groups is 1. The molecule has 0 bridgehead atoms. The molecule has 6 heteroatoms. The Morgan fingerprint density at radius 1 is 1.53 bits per heavy atom. The molecule has 92 valence electrons. The minimum atomic E-state index is -0.943. The molecule has 0 aromatic heterocycles. The van der Waals surface area contributed by atoms with Gasteiger partial charge in [-0.3, -0.25) is 19.8 Å². The van der Waals surface area contributed by atoms with Crippen LogP contribution in [0.25, 0.3) is 0 Å². The molecule has 0 radical (unpaired) electrons. The van der Waals surface area contributed by atoms with Crippen molar-refractivity contribution < 1.29 is 14.8 Å². The van der Waals surface area contributed by atoms with Crippen LogP contribution in [0.4, 0.5) is 5.69 Å². The van der Waals surface area contributed by atoms with Crippen molar-refractivity contribution in [2.45, 2.75) is 12.5 Å². The van der Waals surface area contributed by atoms with Gasteiger partial charge in [-0.25, -0.2) is 0 Å². The quantitative estimate of drug-likeness (QED) is 0.614. The largest absolute Gasteiger partial charge is 0.480 e.